The average Bonchev–Trinajstić information content (AvgIpc) is 1.58. The molecule has 0 spiro atoms. The minimum Gasteiger partial charge on any atom is -1.00 e. The molecule has 2 atom stereocenters. The Hall–Kier alpha value is -9.46. The van der Waals surface area contributed by atoms with Crippen LogP contribution in [0.25, 0.3) is 22.4 Å². The number of rotatable bonds is 20. The van der Waals surface area contributed by atoms with Crippen LogP contribution in [-0.4, -0.2) is 115 Å². The van der Waals surface area contributed by atoms with E-state index in [4.69, 9.17) is 9.47 Å². The summed E-state index contributed by atoms with van der Waals surface area (Å²) in [6, 6.07) is 57.1. The summed E-state index contributed by atoms with van der Waals surface area (Å²) in [5.41, 5.74) is 11.1. The lowest BCUT2D eigenvalue weighted by molar-refractivity contribution is -0.366. The topological polar surface area (TPSA) is 224 Å². The second-order valence-corrected chi connectivity index (χ2v) is 22.5. The summed E-state index contributed by atoms with van der Waals surface area (Å²) < 4.78 is 40.1. The van der Waals surface area contributed by atoms with Crippen molar-refractivity contribution >= 4 is 52.5 Å². The van der Waals surface area contributed by atoms with Crippen LogP contribution < -0.4 is 33.9 Å². The highest BCUT2D eigenvalue weighted by molar-refractivity contribution is 6.15. The van der Waals surface area contributed by atoms with Gasteiger partial charge in [0.05, 0.1) is 56.6 Å². The number of nitrogens with one attached hydrogen (secondary N) is 2. The van der Waals surface area contributed by atoms with Gasteiger partial charge in [-0.2, -0.15) is 0 Å². The molecule has 512 valence electrons. The number of aliphatic carboxylic acids is 1. The van der Waals surface area contributed by atoms with E-state index < -0.39 is 41.2 Å². The maximum absolute atomic E-state index is 14.1. The Balaban J connectivity index is 0.000000377. The molecule has 2 aliphatic rings. The molecule has 8 aromatic rings. The number of hydrogen-bond donors (Lipinski definition) is 3. The fraction of sp³-hybridized carbons (Fsp3) is 0.312. The molecule has 2 unspecified atom stereocenters. The number of halogens is 3. The number of nitrogens with zero attached hydrogens (tertiary/aromatic N) is 3. The zero-order valence-electron chi connectivity index (χ0n) is 52.8. The highest BCUT2D eigenvalue weighted by Gasteiger charge is 2.41. The molecule has 96 heavy (non-hydrogen) atoms. The number of morpholine rings is 2. The number of carbonyl (C=O) groups is 7. The number of hydrogen-bond acceptors (Lipinski definition) is 10. The summed E-state index contributed by atoms with van der Waals surface area (Å²) in [5.74, 6) is -5.87. The number of amides is 4. The van der Waals surface area contributed by atoms with Gasteiger partial charge < -0.3 is 62.5 Å². The zero-order valence-corrected chi connectivity index (χ0v) is 53.6. The summed E-state index contributed by atoms with van der Waals surface area (Å²) >= 11 is 0. The van der Waals surface area contributed by atoms with Gasteiger partial charge in [0.2, 0.25) is 17.7 Å². The summed E-state index contributed by atoms with van der Waals surface area (Å²) in [6.07, 6.45) is 0.845. The minimum absolute atomic E-state index is 0. The molecular formula is C77H92ClF2N6O10-. The number of ketones is 2. The number of ether oxygens (including phenoxy) is 2. The smallest absolute Gasteiger partial charge is 0.258 e. The minimum atomic E-state index is -1.24. The predicted octanol–water partition coefficient (Wildman–Crippen LogP) is 9.23. The van der Waals surface area contributed by atoms with Crippen molar-refractivity contribution < 1.29 is 75.1 Å². The van der Waals surface area contributed by atoms with Crippen molar-refractivity contribution in [2.45, 2.75) is 87.6 Å². The fourth-order valence-electron chi connectivity index (χ4n) is 10.8. The van der Waals surface area contributed by atoms with Crippen LogP contribution in [-0.2, 0) is 46.4 Å². The highest BCUT2D eigenvalue weighted by atomic mass is 35.5. The normalized spacial score (nSPS) is 12.8. The number of aromatic nitrogens is 1. The van der Waals surface area contributed by atoms with Crippen molar-refractivity contribution in [1.29, 1.82) is 0 Å². The Kier molecular flexibility index (Phi) is 34.8. The van der Waals surface area contributed by atoms with Crippen molar-refractivity contribution in [2.75, 3.05) is 69.8 Å². The Labute approximate surface area is 570 Å². The van der Waals surface area contributed by atoms with Gasteiger partial charge in [0.1, 0.15) is 23.3 Å². The third-order valence-corrected chi connectivity index (χ3v) is 15.3. The van der Waals surface area contributed by atoms with E-state index in [-0.39, 0.29) is 88.3 Å². The van der Waals surface area contributed by atoms with E-state index in [0.717, 1.165) is 46.7 Å². The standard InChI is InChI=1S/C33H34FN3O3.C26H24FNO3.C8H8O2.C7H14N2O2.3CH4.ClH/c1-23(2)31-30(33(39)35-27-11-7-4-8-12-27)29(24-9-5-3-6-10-24)32(25-13-15-26(34)16-14-25)37(31)18-17-28(38)36-19-21-40-22-20-36;1-17(2)24(29)23(26(31)28-21-11-7-4-8-12-21)22(18-9-5-3-6-10-18)25(30)19-13-15-20(27)16-14-19;9-8(10)6-7-4-2-1-3-5-7;8-2-1-7(10)9-3-5-11-6-4-9;;;;/h3-16,23H,17-22H2,1-2H3,(H,35,39);3-17,22-23H,1-2H3,(H,28,31);1-5H,6H2,(H,9,10);1-6,8H2;3*1H4;1H/p-1. The molecule has 5 N–H and O–H groups in total. The largest absolute Gasteiger partial charge is 1.00 e. The number of carbonyl (C=O) groups excluding carboxylic acids is 7. The Bertz CT molecular complexity index is 3670. The number of benzene rings is 7. The quantitative estimate of drug-likeness (QED) is 0.0484. The third-order valence-electron chi connectivity index (χ3n) is 15.3. The van der Waals surface area contributed by atoms with Gasteiger partial charge in [-0.1, -0.05) is 177 Å². The van der Waals surface area contributed by atoms with Crippen molar-refractivity contribution in [1.82, 2.24) is 14.4 Å². The first kappa shape index (κ1) is 80.8. The molecule has 0 saturated carbocycles. The molecule has 10 rings (SSSR count). The van der Waals surface area contributed by atoms with Crippen LogP contribution in [0.3, 0.4) is 0 Å². The molecule has 7 aromatic carbocycles. The molecule has 16 nitrogen and oxygen atoms in total. The zero-order chi connectivity index (χ0) is 65.9. The summed E-state index contributed by atoms with van der Waals surface area (Å²) in [6.45, 7) is 13.7. The molecule has 0 aliphatic carbocycles. The van der Waals surface area contributed by atoms with Crippen LogP contribution in [0.5, 0.6) is 0 Å². The molecule has 1 aromatic heterocycles. The number of Topliss-reactive ketones (excluding diaryl/α,β-unsaturated/α-hetero) is 2. The van der Waals surface area contributed by atoms with E-state index in [0.29, 0.717) is 81.5 Å². The summed E-state index contributed by atoms with van der Waals surface area (Å²) in [7, 11) is 0. The van der Waals surface area contributed by atoms with E-state index in [1.807, 2.05) is 82.6 Å². The molecule has 3 heterocycles. The van der Waals surface area contributed by atoms with Crippen LogP contribution >= 0.6 is 0 Å². The lowest BCUT2D eigenvalue weighted by Gasteiger charge is -2.27. The molecular weight excluding hydrogens is 1240 g/mol. The maximum atomic E-state index is 14.1. The van der Waals surface area contributed by atoms with Crippen molar-refractivity contribution in [2.24, 2.45) is 11.8 Å². The van der Waals surface area contributed by atoms with Gasteiger partial charge >= 0.3 is 0 Å². The maximum Gasteiger partial charge on any atom is 0.258 e. The van der Waals surface area contributed by atoms with Gasteiger partial charge in [-0.15, -0.1) is 0 Å². The van der Waals surface area contributed by atoms with E-state index in [9.17, 15) is 47.4 Å². The molecule has 2 fully saturated rings. The van der Waals surface area contributed by atoms with E-state index >= 15 is 0 Å². The number of para-hydroxylation sites is 2. The Morgan fingerprint density at radius 2 is 0.990 bits per heavy atom. The highest BCUT2D eigenvalue weighted by Crippen LogP contribution is 2.43. The lowest BCUT2D eigenvalue weighted by Crippen LogP contribution is -3.00. The van der Waals surface area contributed by atoms with Crippen LogP contribution in [0.4, 0.5) is 20.2 Å². The van der Waals surface area contributed by atoms with Crippen molar-refractivity contribution in [3.8, 4) is 22.4 Å². The predicted molar refractivity (Wildman–Crippen MR) is 369 cm³/mol. The van der Waals surface area contributed by atoms with Crippen LogP contribution in [0, 0.1) is 23.5 Å². The van der Waals surface area contributed by atoms with E-state index in [2.05, 4.69) is 34.8 Å². The lowest BCUT2D eigenvalue weighted by atomic mass is 9.75. The summed E-state index contributed by atoms with van der Waals surface area (Å²) in [5, 5.41) is 15.9. The van der Waals surface area contributed by atoms with Gasteiger partial charge in [-0.3, -0.25) is 28.8 Å². The van der Waals surface area contributed by atoms with E-state index in [1.54, 1.807) is 105 Å². The summed E-state index contributed by atoms with van der Waals surface area (Å²) in [4.78, 5) is 92.3. The van der Waals surface area contributed by atoms with Gasteiger partial charge in [0, 0.05) is 85.6 Å². The third kappa shape index (κ3) is 23.5. The molecule has 2 aliphatic heterocycles. The molecule has 4 amide bonds. The fourth-order valence-corrected chi connectivity index (χ4v) is 10.8. The Morgan fingerprint density at radius 1 is 0.552 bits per heavy atom. The average molecular weight is 1340 g/mol. The monoisotopic (exact) mass is 1330 g/mol. The molecule has 0 radical (unpaired) electrons. The first-order chi connectivity index (χ1) is 44.4. The van der Waals surface area contributed by atoms with Crippen LogP contribution in [0.15, 0.2) is 200 Å². The number of carboxylic acids is 1. The van der Waals surface area contributed by atoms with Gasteiger partial charge in [-0.25, -0.2) is 8.78 Å². The molecule has 2 saturated heterocycles. The number of quaternary nitrogens is 1. The van der Waals surface area contributed by atoms with Gasteiger partial charge in [-0.05, 0) is 101 Å². The van der Waals surface area contributed by atoms with Crippen molar-refractivity contribution in [3.63, 3.8) is 0 Å². The number of carboxylic acid groups (broad SMARTS) is 1. The first-order valence-corrected chi connectivity index (χ1v) is 30.9. The second kappa shape index (κ2) is 41.4. The first-order valence-electron chi connectivity index (χ1n) is 30.9. The second-order valence-electron chi connectivity index (χ2n) is 22.5. The van der Waals surface area contributed by atoms with Crippen molar-refractivity contribution in [3.05, 3.63) is 240 Å². The SMILES string of the molecule is C.C.C.CC(C)C(=O)C(C(=O)Nc1ccccc1)C(C(=O)c1ccc(F)cc1)c1ccccc1.CC(C)c1c(C(=O)Nc2ccccc2)c(-c2ccccc2)c(-c2ccc(F)cc2)n1CCC(=O)N1CCOCC1.O=C([O-])Cc1ccccc1.[Cl-].[NH3+]CCC(=O)N1CCOCC1. The Morgan fingerprint density at radius 3 is 1.45 bits per heavy atom. The van der Waals surface area contributed by atoms with Gasteiger partial charge in [0.15, 0.2) is 5.78 Å². The number of anilines is 2. The van der Waals surface area contributed by atoms with Crippen LogP contribution in [0.2, 0.25) is 0 Å². The van der Waals surface area contributed by atoms with E-state index in [1.165, 1.54) is 36.4 Å². The molecule has 19 heteroatoms. The van der Waals surface area contributed by atoms with Crippen LogP contribution in [0.1, 0.15) is 112 Å². The van der Waals surface area contributed by atoms with Gasteiger partial charge in [0.25, 0.3) is 5.91 Å². The molecule has 0 bridgehead atoms.